The number of nitro benzene ring substituents is 1. The van der Waals surface area contributed by atoms with Crippen LogP contribution in [0.25, 0.3) is 0 Å². The molecule has 0 spiro atoms. The minimum absolute atomic E-state index is 0.267. The summed E-state index contributed by atoms with van der Waals surface area (Å²) in [5.41, 5.74) is -3.63. The van der Waals surface area contributed by atoms with Gasteiger partial charge in [-0.2, -0.15) is 13.2 Å². The quantitative estimate of drug-likeness (QED) is 0.478. The van der Waals surface area contributed by atoms with Crippen LogP contribution in [0.4, 0.5) is 18.9 Å². The first-order chi connectivity index (χ1) is 9.85. The highest BCUT2D eigenvalue weighted by atomic mass is 19.4. The molecule has 0 aromatic heterocycles. The summed E-state index contributed by atoms with van der Waals surface area (Å²) >= 11 is 0. The summed E-state index contributed by atoms with van der Waals surface area (Å²) < 4.78 is 50.8. The fourth-order valence-corrected chi connectivity index (χ4v) is 2.08. The Bertz CT molecular complexity index is 600. The molecule has 0 saturated carbocycles. The first-order valence-electron chi connectivity index (χ1n) is 6.56. The van der Waals surface area contributed by atoms with Crippen molar-refractivity contribution in [2.24, 2.45) is 0 Å². The molecule has 1 heterocycles. The maximum Gasteiger partial charge on any atom is 0.495 e. The number of rotatable bonds is 2. The second-order valence-corrected chi connectivity index (χ2v) is 6.11. The van der Waals surface area contributed by atoms with E-state index < -0.39 is 40.7 Å². The number of nitrogens with zero attached hydrogens (tertiary/aromatic N) is 1. The van der Waals surface area contributed by atoms with Gasteiger partial charge in [-0.25, -0.2) is 0 Å². The lowest BCUT2D eigenvalue weighted by molar-refractivity contribution is -0.385. The van der Waals surface area contributed by atoms with E-state index in [1.54, 1.807) is 27.7 Å². The van der Waals surface area contributed by atoms with Gasteiger partial charge in [0.15, 0.2) is 0 Å². The van der Waals surface area contributed by atoms with Crippen LogP contribution in [0.15, 0.2) is 18.2 Å². The van der Waals surface area contributed by atoms with E-state index in [0.717, 1.165) is 12.1 Å². The predicted molar refractivity (Wildman–Crippen MR) is 73.8 cm³/mol. The van der Waals surface area contributed by atoms with Gasteiger partial charge in [-0.15, -0.1) is 0 Å². The normalized spacial score (nSPS) is 20.2. The Labute approximate surface area is 125 Å². The summed E-state index contributed by atoms with van der Waals surface area (Å²) in [4.78, 5) is 9.82. The minimum atomic E-state index is -4.75. The summed E-state index contributed by atoms with van der Waals surface area (Å²) in [5.74, 6) is 0. The van der Waals surface area contributed by atoms with Gasteiger partial charge in [0, 0.05) is 12.1 Å². The van der Waals surface area contributed by atoms with Gasteiger partial charge in [0.25, 0.3) is 5.69 Å². The van der Waals surface area contributed by atoms with Crippen LogP contribution in [0.5, 0.6) is 0 Å². The molecule has 0 atom stereocenters. The van der Waals surface area contributed by atoms with Crippen molar-refractivity contribution < 1.29 is 27.4 Å². The lowest BCUT2D eigenvalue weighted by Gasteiger charge is -2.32. The third-order valence-electron chi connectivity index (χ3n) is 4.06. The highest BCUT2D eigenvalue weighted by molar-refractivity contribution is 6.62. The molecule has 0 bridgehead atoms. The molecule has 2 rings (SSSR count). The molecule has 0 radical (unpaired) electrons. The number of hydrogen-bond acceptors (Lipinski definition) is 4. The molecular weight excluding hydrogens is 302 g/mol. The zero-order chi connectivity index (χ0) is 16.9. The van der Waals surface area contributed by atoms with Crippen molar-refractivity contribution in [3.8, 4) is 0 Å². The fraction of sp³-hybridized carbons (Fsp3) is 0.538. The van der Waals surface area contributed by atoms with E-state index >= 15 is 0 Å². The molecule has 0 N–H and O–H groups in total. The Morgan fingerprint density at radius 2 is 1.64 bits per heavy atom. The Kier molecular flexibility index (Phi) is 3.77. The summed E-state index contributed by atoms with van der Waals surface area (Å²) in [6.45, 7) is 6.86. The summed E-state index contributed by atoms with van der Waals surface area (Å²) in [5, 5.41) is 10.7. The van der Waals surface area contributed by atoms with Crippen LogP contribution < -0.4 is 5.46 Å². The molecule has 1 fully saturated rings. The Morgan fingerprint density at radius 1 is 1.14 bits per heavy atom. The molecule has 1 aromatic rings. The van der Waals surface area contributed by atoms with Crippen molar-refractivity contribution in [1.82, 2.24) is 0 Å². The fourth-order valence-electron chi connectivity index (χ4n) is 2.08. The van der Waals surface area contributed by atoms with Crippen molar-refractivity contribution in [3.63, 3.8) is 0 Å². The summed E-state index contributed by atoms with van der Waals surface area (Å²) in [6, 6.07) is 2.54. The SMILES string of the molecule is CC1(C)OB(c2ccc([N+](=O)[O-])cc2C(F)(F)F)OC1(C)C. The van der Waals surface area contributed by atoms with Crippen molar-refractivity contribution in [2.45, 2.75) is 45.1 Å². The van der Waals surface area contributed by atoms with Crippen LogP contribution in [0.3, 0.4) is 0 Å². The lowest BCUT2D eigenvalue weighted by atomic mass is 9.75. The monoisotopic (exact) mass is 317 g/mol. The molecule has 0 unspecified atom stereocenters. The number of hydrogen-bond donors (Lipinski definition) is 0. The van der Waals surface area contributed by atoms with E-state index in [0.29, 0.717) is 6.07 Å². The lowest BCUT2D eigenvalue weighted by Crippen LogP contribution is -2.41. The van der Waals surface area contributed by atoms with Gasteiger partial charge in [-0.05, 0) is 33.2 Å². The van der Waals surface area contributed by atoms with Gasteiger partial charge in [-0.3, -0.25) is 10.1 Å². The van der Waals surface area contributed by atoms with Crippen LogP contribution in [0.2, 0.25) is 0 Å². The molecular formula is C13H15BF3NO4. The molecule has 1 aromatic carbocycles. The van der Waals surface area contributed by atoms with E-state index in [9.17, 15) is 23.3 Å². The zero-order valence-corrected chi connectivity index (χ0v) is 12.5. The number of benzene rings is 1. The molecule has 0 amide bonds. The Hall–Kier alpha value is -1.61. The van der Waals surface area contributed by atoms with Crippen molar-refractivity contribution in [3.05, 3.63) is 33.9 Å². The summed E-state index contributed by atoms with van der Waals surface area (Å²) in [6.07, 6.45) is -4.75. The molecule has 9 heteroatoms. The maximum absolute atomic E-state index is 13.2. The van der Waals surface area contributed by atoms with E-state index in [-0.39, 0.29) is 5.46 Å². The largest absolute Gasteiger partial charge is 0.495 e. The van der Waals surface area contributed by atoms with Gasteiger partial charge in [0.1, 0.15) is 0 Å². The molecule has 22 heavy (non-hydrogen) atoms. The van der Waals surface area contributed by atoms with Gasteiger partial charge >= 0.3 is 13.3 Å². The third-order valence-corrected chi connectivity index (χ3v) is 4.06. The number of alkyl halides is 3. The number of halogens is 3. The number of nitro groups is 1. The topological polar surface area (TPSA) is 61.6 Å². The van der Waals surface area contributed by atoms with Crippen LogP contribution in [-0.4, -0.2) is 23.2 Å². The van der Waals surface area contributed by atoms with E-state index in [2.05, 4.69) is 0 Å². The number of non-ortho nitro benzene ring substituents is 1. The standard InChI is InChI=1S/C13H15BF3NO4/c1-11(2)12(3,4)22-14(21-11)10-6-5-8(18(19)20)7-9(10)13(15,16)17/h5-7H,1-4H3. The van der Waals surface area contributed by atoms with E-state index in [1.165, 1.54) is 0 Å². The average Bonchev–Trinajstić information content (AvgIpc) is 2.56. The van der Waals surface area contributed by atoms with Crippen molar-refractivity contribution >= 4 is 18.3 Å². The van der Waals surface area contributed by atoms with Crippen LogP contribution >= 0.6 is 0 Å². The van der Waals surface area contributed by atoms with E-state index in [1.807, 2.05) is 0 Å². The first-order valence-corrected chi connectivity index (χ1v) is 6.56. The minimum Gasteiger partial charge on any atom is -0.399 e. The van der Waals surface area contributed by atoms with Gasteiger partial charge < -0.3 is 9.31 Å². The van der Waals surface area contributed by atoms with E-state index in [4.69, 9.17) is 9.31 Å². The molecule has 0 aliphatic carbocycles. The highest BCUT2D eigenvalue weighted by Gasteiger charge is 2.53. The predicted octanol–water partition coefficient (Wildman–Crippen LogP) is 2.91. The molecule has 5 nitrogen and oxygen atoms in total. The second kappa shape index (κ2) is 4.95. The second-order valence-electron chi connectivity index (χ2n) is 6.11. The smallest absolute Gasteiger partial charge is 0.399 e. The molecule has 120 valence electrons. The molecule has 1 aliphatic rings. The maximum atomic E-state index is 13.2. The third kappa shape index (κ3) is 2.82. The zero-order valence-electron chi connectivity index (χ0n) is 12.5. The van der Waals surface area contributed by atoms with Crippen LogP contribution in [-0.2, 0) is 15.5 Å². The van der Waals surface area contributed by atoms with Crippen LogP contribution in [0, 0.1) is 10.1 Å². The van der Waals surface area contributed by atoms with Gasteiger partial charge in [-0.1, -0.05) is 6.07 Å². The summed E-state index contributed by atoms with van der Waals surface area (Å²) in [7, 11) is -1.23. The van der Waals surface area contributed by atoms with Gasteiger partial charge in [0.05, 0.1) is 21.7 Å². The van der Waals surface area contributed by atoms with Crippen LogP contribution in [0.1, 0.15) is 33.3 Å². The Balaban J connectivity index is 2.51. The molecule has 1 saturated heterocycles. The molecule has 1 aliphatic heterocycles. The highest BCUT2D eigenvalue weighted by Crippen LogP contribution is 2.38. The first kappa shape index (κ1) is 16.8. The van der Waals surface area contributed by atoms with Crippen molar-refractivity contribution in [1.29, 1.82) is 0 Å². The Morgan fingerprint density at radius 3 is 2.05 bits per heavy atom. The van der Waals surface area contributed by atoms with Gasteiger partial charge in [0.2, 0.25) is 0 Å². The average molecular weight is 317 g/mol. The van der Waals surface area contributed by atoms with Crippen molar-refractivity contribution in [2.75, 3.05) is 0 Å².